The molecule has 0 saturated heterocycles. The second-order valence-corrected chi connectivity index (χ2v) is 7.89. The Kier molecular flexibility index (Phi) is 3.06. The van der Waals surface area contributed by atoms with E-state index in [-0.39, 0.29) is 0 Å². The highest BCUT2D eigenvalue weighted by Gasteiger charge is 2.22. The third-order valence-electron chi connectivity index (χ3n) is 6.23. The lowest BCUT2D eigenvalue weighted by atomic mass is 9.88. The summed E-state index contributed by atoms with van der Waals surface area (Å²) in [6, 6.07) is 32.0. The minimum absolute atomic E-state index is 0.726. The van der Waals surface area contributed by atoms with E-state index in [1.54, 1.807) is 0 Å². The summed E-state index contributed by atoms with van der Waals surface area (Å²) in [6.45, 7) is 0. The largest absolute Gasteiger partial charge is 0.278 e. The van der Waals surface area contributed by atoms with E-state index in [9.17, 15) is 0 Å². The van der Waals surface area contributed by atoms with Crippen LogP contribution in [0.15, 0.2) is 91.0 Å². The summed E-state index contributed by atoms with van der Waals surface area (Å²) in [5.74, 6) is 0.726. The molecule has 140 valence electrons. The molecule has 0 fully saturated rings. The Labute approximate surface area is 173 Å². The summed E-state index contributed by atoms with van der Waals surface area (Å²) in [6.07, 6.45) is 0.929. The molecule has 1 aliphatic rings. The van der Waals surface area contributed by atoms with E-state index in [2.05, 4.69) is 95.6 Å². The van der Waals surface area contributed by atoms with E-state index in [1.165, 1.54) is 32.8 Å². The van der Waals surface area contributed by atoms with Gasteiger partial charge in [0.05, 0.1) is 22.2 Å². The highest BCUT2D eigenvalue weighted by molar-refractivity contribution is 6.09. The van der Waals surface area contributed by atoms with Crippen LogP contribution in [0.5, 0.6) is 0 Å². The molecule has 3 heteroatoms. The van der Waals surface area contributed by atoms with Gasteiger partial charge in [-0.1, -0.05) is 72.8 Å². The van der Waals surface area contributed by atoms with Gasteiger partial charge in [0.1, 0.15) is 0 Å². The number of fused-ring (bicyclic) bond motifs is 5. The molecule has 2 heterocycles. The van der Waals surface area contributed by atoms with Crippen LogP contribution in [0.4, 0.5) is 0 Å². The minimum atomic E-state index is 0.726. The summed E-state index contributed by atoms with van der Waals surface area (Å²) < 4.78 is 2.20. The average Bonchev–Trinajstić information content (AvgIpc) is 3.14. The first-order valence-electron chi connectivity index (χ1n) is 10.2. The second-order valence-electron chi connectivity index (χ2n) is 7.89. The van der Waals surface area contributed by atoms with Gasteiger partial charge in [-0.3, -0.25) is 4.57 Å². The van der Waals surface area contributed by atoms with Crippen LogP contribution in [-0.2, 0) is 6.42 Å². The third kappa shape index (κ3) is 2.04. The number of para-hydroxylation sites is 2. The van der Waals surface area contributed by atoms with Crippen LogP contribution in [0.3, 0.4) is 0 Å². The average molecular weight is 383 g/mol. The standard InChI is InChI=1S/C27H17N3/c1-2-10-19-17(8-1)16-18-9-7-13-22-25(18)26(19)29-27(28-22)30-23-14-5-3-11-20(23)21-12-4-6-15-24(21)30/h1-15H,16H2. The van der Waals surface area contributed by atoms with Gasteiger partial charge < -0.3 is 0 Å². The van der Waals surface area contributed by atoms with Crippen LogP contribution >= 0.6 is 0 Å². The van der Waals surface area contributed by atoms with Crippen molar-refractivity contribution in [1.82, 2.24) is 14.5 Å². The van der Waals surface area contributed by atoms with Crippen LogP contribution in [0, 0.1) is 0 Å². The van der Waals surface area contributed by atoms with Crippen LogP contribution < -0.4 is 0 Å². The van der Waals surface area contributed by atoms with E-state index in [0.717, 1.165) is 34.6 Å². The molecule has 3 nitrogen and oxygen atoms in total. The van der Waals surface area contributed by atoms with Gasteiger partial charge in [0.15, 0.2) is 0 Å². The van der Waals surface area contributed by atoms with Crippen molar-refractivity contribution in [2.24, 2.45) is 0 Å². The molecule has 0 atom stereocenters. The molecule has 1 aliphatic carbocycles. The summed E-state index contributed by atoms with van der Waals surface area (Å²) in [7, 11) is 0. The molecule has 30 heavy (non-hydrogen) atoms. The molecule has 0 saturated carbocycles. The molecule has 0 aliphatic heterocycles. The minimum Gasteiger partial charge on any atom is -0.278 e. The number of hydrogen-bond acceptors (Lipinski definition) is 2. The maximum atomic E-state index is 5.17. The zero-order chi connectivity index (χ0) is 19.7. The van der Waals surface area contributed by atoms with Crippen molar-refractivity contribution >= 4 is 32.7 Å². The van der Waals surface area contributed by atoms with Gasteiger partial charge in [-0.05, 0) is 35.7 Å². The molecule has 0 spiro atoms. The highest BCUT2D eigenvalue weighted by Crippen LogP contribution is 2.39. The molecule has 0 amide bonds. The van der Waals surface area contributed by atoms with Crippen LogP contribution in [0.2, 0.25) is 0 Å². The van der Waals surface area contributed by atoms with Gasteiger partial charge >= 0.3 is 0 Å². The zero-order valence-corrected chi connectivity index (χ0v) is 16.2. The third-order valence-corrected chi connectivity index (χ3v) is 6.23. The van der Waals surface area contributed by atoms with E-state index >= 15 is 0 Å². The SMILES string of the molecule is c1ccc2c(c1)Cc1cccc3nc(-n4c5ccccc5c5ccccc54)nc-2c13. The smallest absolute Gasteiger partial charge is 0.235 e. The van der Waals surface area contributed by atoms with E-state index in [1.807, 2.05) is 0 Å². The van der Waals surface area contributed by atoms with Crippen molar-refractivity contribution < 1.29 is 0 Å². The van der Waals surface area contributed by atoms with Crippen molar-refractivity contribution in [2.75, 3.05) is 0 Å². The Morgan fingerprint density at radius 1 is 0.600 bits per heavy atom. The van der Waals surface area contributed by atoms with Crippen molar-refractivity contribution in [3.63, 3.8) is 0 Å². The Morgan fingerprint density at radius 2 is 1.27 bits per heavy atom. The van der Waals surface area contributed by atoms with Gasteiger partial charge in [0, 0.05) is 21.7 Å². The van der Waals surface area contributed by atoms with Crippen LogP contribution in [-0.4, -0.2) is 14.5 Å². The normalized spacial score (nSPS) is 12.5. The van der Waals surface area contributed by atoms with E-state index in [4.69, 9.17) is 9.97 Å². The predicted molar refractivity (Wildman–Crippen MR) is 122 cm³/mol. The second kappa shape index (κ2) is 5.77. The molecule has 0 N–H and O–H groups in total. The Hall–Kier alpha value is -3.98. The first kappa shape index (κ1) is 15.9. The molecule has 0 unspecified atom stereocenters. The predicted octanol–water partition coefficient (Wildman–Crippen LogP) is 6.30. The Bertz CT molecular complexity index is 1570. The first-order chi connectivity index (χ1) is 14.9. The number of benzene rings is 4. The fraction of sp³-hybridized carbons (Fsp3) is 0.0370. The first-order valence-corrected chi connectivity index (χ1v) is 10.2. The molecule has 0 radical (unpaired) electrons. The topological polar surface area (TPSA) is 30.7 Å². The van der Waals surface area contributed by atoms with Crippen LogP contribution in [0.1, 0.15) is 11.1 Å². The maximum Gasteiger partial charge on any atom is 0.235 e. The fourth-order valence-corrected chi connectivity index (χ4v) is 4.93. The molecule has 2 aromatic heterocycles. The monoisotopic (exact) mass is 383 g/mol. The van der Waals surface area contributed by atoms with Crippen LogP contribution in [0.25, 0.3) is 49.9 Å². The lowest BCUT2D eigenvalue weighted by Gasteiger charge is -2.20. The summed E-state index contributed by atoms with van der Waals surface area (Å²) in [4.78, 5) is 10.2. The van der Waals surface area contributed by atoms with Gasteiger partial charge in [0.25, 0.3) is 0 Å². The van der Waals surface area contributed by atoms with Crippen molar-refractivity contribution in [2.45, 2.75) is 6.42 Å². The summed E-state index contributed by atoms with van der Waals surface area (Å²) in [5.41, 5.74) is 8.14. The summed E-state index contributed by atoms with van der Waals surface area (Å²) >= 11 is 0. The molecular weight excluding hydrogens is 366 g/mol. The number of nitrogens with zero attached hydrogens (tertiary/aromatic N) is 3. The van der Waals surface area contributed by atoms with Crippen molar-refractivity contribution in [1.29, 1.82) is 0 Å². The Morgan fingerprint density at radius 3 is 2.07 bits per heavy atom. The van der Waals surface area contributed by atoms with Gasteiger partial charge in [0.2, 0.25) is 5.95 Å². The quantitative estimate of drug-likeness (QED) is 0.333. The molecule has 0 bridgehead atoms. The molecule has 7 rings (SSSR count). The van der Waals surface area contributed by atoms with E-state index in [0.29, 0.717) is 0 Å². The summed E-state index contributed by atoms with van der Waals surface area (Å²) in [5, 5.41) is 3.62. The van der Waals surface area contributed by atoms with E-state index < -0.39 is 0 Å². The molecule has 4 aromatic carbocycles. The number of hydrogen-bond donors (Lipinski definition) is 0. The Balaban J connectivity index is 1.65. The number of aromatic nitrogens is 3. The lowest BCUT2D eigenvalue weighted by molar-refractivity contribution is 1.01. The van der Waals surface area contributed by atoms with Gasteiger partial charge in [-0.15, -0.1) is 0 Å². The molecule has 6 aromatic rings. The molecular formula is C27H17N3. The van der Waals surface area contributed by atoms with Crippen molar-refractivity contribution in [3.8, 4) is 17.2 Å². The van der Waals surface area contributed by atoms with Gasteiger partial charge in [-0.2, -0.15) is 0 Å². The number of rotatable bonds is 1. The fourth-order valence-electron chi connectivity index (χ4n) is 4.93. The van der Waals surface area contributed by atoms with Gasteiger partial charge in [-0.25, -0.2) is 9.97 Å². The maximum absolute atomic E-state index is 5.17. The highest BCUT2D eigenvalue weighted by atomic mass is 15.2. The lowest BCUT2D eigenvalue weighted by Crippen LogP contribution is -2.08. The van der Waals surface area contributed by atoms with Crippen molar-refractivity contribution in [3.05, 3.63) is 102 Å². The zero-order valence-electron chi connectivity index (χ0n) is 16.2.